The highest BCUT2D eigenvalue weighted by Gasteiger charge is 2.24. The molecule has 5 nitrogen and oxygen atoms in total. The molecule has 21 heavy (non-hydrogen) atoms. The van der Waals surface area contributed by atoms with Gasteiger partial charge in [0.25, 0.3) is 5.56 Å². The van der Waals surface area contributed by atoms with E-state index in [0.29, 0.717) is 6.04 Å². The average Bonchev–Trinajstić information content (AvgIpc) is 2.52. The van der Waals surface area contributed by atoms with Gasteiger partial charge in [0, 0.05) is 31.6 Å². The Bertz CT molecular complexity index is 491. The summed E-state index contributed by atoms with van der Waals surface area (Å²) < 4.78 is 0. The predicted octanol–water partition coefficient (Wildman–Crippen LogP) is 1.94. The van der Waals surface area contributed by atoms with Crippen molar-refractivity contribution < 1.29 is 0 Å². The fourth-order valence-electron chi connectivity index (χ4n) is 2.99. The maximum absolute atomic E-state index is 11.7. The summed E-state index contributed by atoms with van der Waals surface area (Å²) in [6, 6.07) is 2.20. The third-order valence-electron chi connectivity index (χ3n) is 4.40. The van der Waals surface area contributed by atoms with E-state index in [4.69, 9.17) is 0 Å². The van der Waals surface area contributed by atoms with E-state index in [2.05, 4.69) is 34.0 Å². The van der Waals surface area contributed by atoms with Crippen LogP contribution in [0.15, 0.2) is 10.9 Å². The van der Waals surface area contributed by atoms with Gasteiger partial charge in [-0.25, -0.2) is 4.98 Å². The van der Waals surface area contributed by atoms with Gasteiger partial charge in [0.15, 0.2) is 0 Å². The van der Waals surface area contributed by atoms with Gasteiger partial charge in [0.05, 0.1) is 0 Å². The molecule has 1 atom stereocenters. The van der Waals surface area contributed by atoms with Gasteiger partial charge in [-0.05, 0) is 38.6 Å². The lowest BCUT2D eigenvalue weighted by Crippen LogP contribution is -2.42. The van der Waals surface area contributed by atoms with Gasteiger partial charge in [-0.1, -0.05) is 13.8 Å². The van der Waals surface area contributed by atoms with Crippen LogP contribution in [0.1, 0.15) is 45.9 Å². The van der Waals surface area contributed by atoms with Crippen molar-refractivity contribution in [2.24, 2.45) is 5.92 Å². The molecule has 0 radical (unpaired) electrons. The van der Waals surface area contributed by atoms with E-state index in [-0.39, 0.29) is 5.56 Å². The minimum atomic E-state index is -0.0445. The van der Waals surface area contributed by atoms with E-state index in [0.717, 1.165) is 56.5 Å². The fourth-order valence-corrected chi connectivity index (χ4v) is 2.99. The van der Waals surface area contributed by atoms with Gasteiger partial charge in [0.1, 0.15) is 11.6 Å². The number of H-pyrrole nitrogens is 1. The smallest absolute Gasteiger partial charge is 0.252 e. The molecular formula is C16H28N4O. The highest BCUT2D eigenvalue weighted by molar-refractivity contribution is 5.38. The quantitative estimate of drug-likeness (QED) is 0.841. The molecule has 2 N–H and O–H groups in total. The van der Waals surface area contributed by atoms with Crippen LogP contribution in [0.5, 0.6) is 0 Å². The van der Waals surface area contributed by atoms with Gasteiger partial charge in [-0.3, -0.25) is 4.79 Å². The number of piperidine rings is 1. The first-order valence-corrected chi connectivity index (χ1v) is 8.22. The van der Waals surface area contributed by atoms with Crippen molar-refractivity contribution >= 4 is 5.82 Å². The largest absolute Gasteiger partial charge is 0.356 e. The second-order valence-electron chi connectivity index (χ2n) is 5.97. The van der Waals surface area contributed by atoms with Crippen molar-refractivity contribution in [1.29, 1.82) is 0 Å². The van der Waals surface area contributed by atoms with Crippen LogP contribution in [0.2, 0.25) is 0 Å². The van der Waals surface area contributed by atoms with Gasteiger partial charge in [0.2, 0.25) is 0 Å². The third-order valence-corrected chi connectivity index (χ3v) is 4.40. The number of aryl methyl sites for hydroxylation is 1. The zero-order chi connectivity index (χ0) is 15.2. The zero-order valence-electron chi connectivity index (χ0n) is 13.5. The molecule has 0 aliphatic carbocycles. The molecule has 2 heterocycles. The first kappa shape index (κ1) is 16.0. The summed E-state index contributed by atoms with van der Waals surface area (Å²) in [6.45, 7) is 9.57. The van der Waals surface area contributed by atoms with Crippen LogP contribution in [-0.4, -0.2) is 35.6 Å². The first-order chi connectivity index (χ1) is 10.1. The summed E-state index contributed by atoms with van der Waals surface area (Å²) in [4.78, 5) is 21.3. The maximum Gasteiger partial charge on any atom is 0.252 e. The molecular weight excluding hydrogens is 264 g/mol. The molecule has 1 fully saturated rings. The molecule has 1 aromatic rings. The van der Waals surface area contributed by atoms with Crippen LogP contribution in [0.3, 0.4) is 0 Å². The SMILES string of the molecule is CCCNC(C)C1CCN(c2cc(=O)[nH]c(CC)n2)CC1. The molecule has 0 amide bonds. The van der Waals surface area contributed by atoms with E-state index in [1.165, 1.54) is 6.42 Å². The minimum Gasteiger partial charge on any atom is -0.356 e. The molecule has 1 unspecified atom stereocenters. The minimum absolute atomic E-state index is 0.0445. The molecule has 0 saturated carbocycles. The van der Waals surface area contributed by atoms with Crippen LogP contribution in [-0.2, 0) is 6.42 Å². The molecule has 2 rings (SSSR count). The number of aromatic amines is 1. The van der Waals surface area contributed by atoms with Crippen molar-refractivity contribution in [3.05, 3.63) is 22.2 Å². The number of nitrogens with zero attached hydrogens (tertiary/aromatic N) is 2. The highest BCUT2D eigenvalue weighted by atomic mass is 16.1. The van der Waals surface area contributed by atoms with Crippen LogP contribution in [0.25, 0.3) is 0 Å². The second kappa shape index (κ2) is 7.59. The number of nitrogens with one attached hydrogen (secondary N) is 2. The van der Waals surface area contributed by atoms with E-state index in [1.807, 2.05) is 6.92 Å². The Morgan fingerprint density at radius 1 is 1.43 bits per heavy atom. The fraction of sp³-hybridized carbons (Fsp3) is 0.750. The first-order valence-electron chi connectivity index (χ1n) is 8.22. The third kappa shape index (κ3) is 4.30. The summed E-state index contributed by atoms with van der Waals surface area (Å²) in [5.74, 6) is 2.33. The van der Waals surface area contributed by atoms with Crippen LogP contribution in [0.4, 0.5) is 5.82 Å². The Balaban J connectivity index is 1.94. The molecule has 0 bridgehead atoms. The van der Waals surface area contributed by atoms with Gasteiger partial charge in [-0.2, -0.15) is 0 Å². The van der Waals surface area contributed by atoms with Crippen molar-refractivity contribution in [1.82, 2.24) is 15.3 Å². The van der Waals surface area contributed by atoms with Crippen molar-refractivity contribution in [3.63, 3.8) is 0 Å². The Hall–Kier alpha value is -1.36. The molecule has 1 aliphatic rings. The summed E-state index contributed by atoms with van der Waals surface area (Å²) in [6.07, 6.45) is 4.26. The molecule has 1 aliphatic heterocycles. The van der Waals surface area contributed by atoms with E-state index < -0.39 is 0 Å². The summed E-state index contributed by atoms with van der Waals surface area (Å²) >= 11 is 0. The normalized spacial score (nSPS) is 18.0. The van der Waals surface area contributed by atoms with Crippen molar-refractivity contribution in [2.45, 2.75) is 52.5 Å². The Morgan fingerprint density at radius 2 is 2.14 bits per heavy atom. The van der Waals surface area contributed by atoms with Crippen LogP contribution in [0, 0.1) is 5.92 Å². The maximum atomic E-state index is 11.7. The van der Waals surface area contributed by atoms with E-state index in [9.17, 15) is 4.79 Å². The average molecular weight is 292 g/mol. The molecule has 0 aromatic carbocycles. The molecule has 1 aromatic heterocycles. The number of hydrogen-bond acceptors (Lipinski definition) is 4. The Labute approximate surface area is 127 Å². The van der Waals surface area contributed by atoms with Crippen LogP contribution >= 0.6 is 0 Å². The Kier molecular flexibility index (Phi) is 5.79. The number of rotatable bonds is 6. The topological polar surface area (TPSA) is 61.0 Å². The number of hydrogen-bond donors (Lipinski definition) is 2. The monoisotopic (exact) mass is 292 g/mol. The van der Waals surface area contributed by atoms with Gasteiger partial charge < -0.3 is 15.2 Å². The molecule has 1 saturated heterocycles. The highest BCUT2D eigenvalue weighted by Crippen LogP contribution is 2.23. The molecule has 118 valence electrons. The van der Waals surface area contributed by atoms with E-state index in [1.54, 1.807) is 6.07 Å². The zero-order valence-corrected chi connectivity index (χ0v) is 13.5. The number of aromatic nitrogens is 2. The predicted molar refractivity (Wildman–Crippen MR) is 86.9 cm³/mol. The summed E-state index contributed by atoms with van der Waals surface area (Å²) in [5, 5.41) is 3.59. The molecule has 5 heteroatoms. The van der Waals surface area contributed by atoms with Gasteiger partial charge in [-0.15, -0.1) is 0 Å². The molecule has 0 spiro atoms. The number of anilines is 1. The van der Waals surface area contributed by atoms with E-state index >= 15 is 0 Å². The van der Waals surface area contributed by atoms with Gasteiger partial charge >= 0.3 is 0 Å². The Morgan fingerprint density at radius 3 is 2.76 bits per heavy atom. The second-order valence-corrected chi connectivity index (χ2v) is 5.97. The lowest BCUT2D eigenvalue weighted by molar-refractivity contribution is 0.311. The summed E-state index contributed by atoms with van der Waals surface area (Å²) in [7, 11) is 0. The lowest BCUT2D eigenvalue weighted by Gasteiger charge is -2.35. The lowest BCUT2D eigenvalue weighted by atomic mass is 9.90. The van der Waals surface area contributed by atoms with Crippen LogP contribution < -0.4 is 15.8 Å². The van der Waals surface area contributed by atoms with Crippen molar-refractivity contribution in [2.75, 3.05) is 24.5 Å². The van der Waals surface area contributed by atoms with Crippen molar-refractivity contribution in [3.8, 4) is 0 Å². The summed E-state index contributed by atoms with van der Waals surface area (Å²) in [5.41, 5.74) is -0.0445. The standard InChI is InChI=1S/C16H28N4O/c1-4-8-17-12(3)13-6-9-20(10-7-13)15-11-16(21)19-14(5-2)18-15/h11-13,17H,4-10H2,1-3H3,(H,18,19,21).